The number of hydrogen-bond acceptors (Lipinski definition) is 5. The Labute approximate surface area is 161 Å². The molecule has 0 saturated carbocycles. The fourth-order valence-electron chi connectivity index (χ4n) is 2.85. The molecular formula is C19H18ClN3O2S. The van der Waals surface area contributed by atoms with Crippen LogP contribution in [0.15, 0.2) is 29.3 Å². The molecule has 1 aliphatic rings. The van der Waals surface area contributed by atoms with Crippen molar-refractivity contribution >= 4 is 35.0 Å². The number of rotatable bonds is 6. The molecule has 1 aliphatic carbocycles. The summed E-state index contributed by atoms with van der Waals surface area (Å²) < 4.78 is 5.09. The molecule has 5 nitrogen and oxygen atoms in total. The molecule has 1 aromatic carbocycles. The highest BCUT2D eigenvalue weighted by atomic mass is 35.5. The number of hydrogen-bond donors (Lipinski definition) is 1. The average molecular weight is 388 g/mol. The predicted molar refractivity (Wildman–Crippen MR) is 103 cm³/mol. The molecule has 0 fully saturated rings. The molecule has 0 bridgehead atoms. The minimum atomic E-state index is -0.113. The number of anilines is 1. The lowest BCUT2D eigenvalue weighted by Gasteiger charge is -2.09. The van der Waals surface area contributed by atoms with Crippen molar-refractivity contribution in [1.29, 1.82) is 5.26 Å². The van der Waals surface area contributed by atoms with Crippen molar-refractivity contribution in [3.63, 3.8) is 0 Å². The largest absolute Gasteiger partial charge is 0.495 e. The molecule has 0 radical (unpaired) electrons. The van der Waals surface area contributed by atoms with Crippen molar-refractivity contribution in [2.75, 3.05) is 18.2 Å². The van der Waals surface area contributed by atoms with Crippen molar-refractivity contribution in [1.82, 2.24) is 4.98 Å². The van der Waals surface area contributed by atoms with Crippen molar-refractivity contribution in [2.24, 2.45) is 0 Å². The standard InChI is InChI=1S/C19H18ClN3O2S/c1-25-17-6-5-14(10-15(17)20)22-18(24)7-8-26-19-13(11-21)9-12-3-2-4-16(12)23-19/h5-6,9-10H,2-4,7-8H2,1H3,(H,22,24). The normalized spacial score (nSPS) is 12.3. The SMILES string of the molecule is COc1ccc(NC(=O)CCSc2nc3c(cc2C#N)CCC3)cc1Cl. The minimum Gasteiger partial charge on any atom is -0.495 e. The summed E-state index contributed by atoms with van der Waals surface area (Å²) in [5, 5.41) is 13.3. The maximum atomic E-state index is 12.1. The highest BCUT2D eigenvalue weighted by molar-refractivity contribution is 7.99. The second-order valence-electron chi connectivity index (χ2n) is 5.91. The van der Waals surface area contributed by atoms with Crippen LogP contribution in [0.3, 0.4) is 0 Å². The lowest BCUT2D eigenvalue weighted by molar-refractivity contribution is -0.115. The summed E-state index contributed by atoms with van der Waals surface area (Å²) in [5.41, 5.74) is 3.49. The number of methoxy groups -OCH3 is 1. The Hall–Kier alpha value is -2.23. The average Bonchev–Trinajstić information content (AvgIpc) is 3.08. The van der Waals surface area contributed by atoms with Crippen LogP contribution in [0.25, 0.3) is 0 Å². The lowest BCUT2D eigenvalue weighted by atomic mass is 10.2. The Morgan fingerprint density at radius 1 is 1.42 bits per heavy atom. The van der Waals surface area contributed by atoms with Crippen LogP contribution in [0.4, 0.5) is 5.69 Å². The van der Waals surface area contributed by atoms with Gasteiger partial charge in [-0.3, -0.25) is 4.79 Å². The number of ether oxygens (including phenoxy) is 1. The number of benzene rings is 1. The van der Waals surface area contributed by atoms with Crippen molar-refractivity contribution in [3.8, 4) is 11.8 Å². The first-order valence-corrected chi connectivity index (χ1v) is 9.66. The molecule has 134 valence electrons. The molecule has 0 spiro atoms. The molecule has 1 amide bonds. The first-order chi connectivity index (χ1) is 12.6. The van der Waals surface area contributed by atoms with Crippen LogP contribution in [0, 0.1) is 11.3 Å². The van der Waals surface area contributed by atoms with Gasteiger partial charge in [0.2, 0.25) is 5.91 Å². The third-order valence-corrected chi connectivity index (χ3v) is 5.43. The maximum absolute atomic E-state index is 12.1. The van der Waals surface area contributed by atoms with Gasteiger partial charge < -0.3 is 10.1 Å². The quantitative estimate of drug-likeness (QED) is 0.751. The summed E-state index contributed by atoms with van der Waals surface area (Å²) >= 11 is 7.50. The van der Waals surface area contributed by atoms with E-state index in [2.05, 4.69) is 16.4 Å². The first kappa shape index (κ1) is 18.6. The first-order valence-electron chi connectivity index (χ1n) is 8.30. The second-order valence-corrected chi connectivity index (χ2v) is 7.40. The summed E-state index contributed by atoms with van der Waals surface area (Å²) in [6.45, 7) is 0. The number of fused-ring (bicyclic) bond motifs is 1. The number of carbonyl (C=O) groups excluding carboxylic acids is 1. The number of pyridine rings is 1. The molecule has 26 heavy (non-hydrogen) atoms. The third-order valence-electron chi connectivity index (χ3n) is 4.14. The van der Waals surface area contributed by atoms with Crippen LogP contribution < -0.4 is 10.1 Å². The third kappa shape index (κ3) is 4.29. The fourth-order valence-corrected chi connectivity index (χ4v) is 4.02. The minimum absolute atomic E-state index is 0.113. The van der Waals surface area contributed by atoms with E-state index >= 15 is 0 Å². The molecule has 0 atom stereocenters. The summed E-state index contributed by atoms with van der Waals surface area (Å²) in [5.74, 6) is 1.00. The number of thioether (sulfide) groups is 1. The predicted octanol–water partition coefficient (Wildman–Crippen LogP) is 4.22. The summed E-state index contributed by atoms with van der Waals surface area (Å²) in [7, 11) is 1.54. The van der Waals surface area contributed by atoms with E-state index < -0.39 is 0 Å². The molecule has 2 aromatic rings. The van der Waals surface area contributed by atoms with E-state index in [1.54, 1.807) is 25.3 Å². The van der Waals surface area contributed by atoms with Gasteiger partial charge in [-0.15, -0.1) is 11.8 Å². The van der Waals surface area contributed by atoms with Crippen molar-refractivity contribution in [3.05, 3.63) is 46.1 Å². The van der Waals surface area contributed by atoms with Gasteiger partial charge in [-0.25, -0.2) is 4.98 Å². The molecule has 0 aliphatic heterocycles. The highest BCUT2D eigenvalue weighted by Crippen LogP contribution is 2.29. The number of nitriles is 1. The summed E-state index contributed by atoms with van der Waals surface area (Å²) in [4.78, 5) is 16.7. The Morgan fingerprint density at radius 2 is 2.27 bits per heavy atom. The monoisotopic (exact) mass is 387 g/mol. The maximum Gasteiger partial charge on any atom is 0.225 e. The molecule has 1 heterocycles. The Morgan fingerprint density at radius 3 is 3.00 bits per heavy atom. The van der Waals surface area contributed by atoms with E-state index in [1.807, 2.05) is 6.07 Å². The van der Waals surface area contributed by atoms with Crippen LogP contribution >= 0.6 is 23.4 Å². The number of carbonyl (C=O) groups is 1. The van der Waals surface area contributed by atoms with Crippen molar-refractivity contribution in [2.45, 2.75) is 30.7 Å². The Balaban J connectivity index is 1.56. The summed E-state index contributed by atoms with van der Waals surface area (Å²) in [6, 6.07) is 9.26. The molecule has 3 rings (SSSR count). The Kier molecular flexibility index (Phi) is 6.02. The van der Waals surface area contributed by atoms with Gasteiger partial charge in [0, 0.05) is 23.6 Å². The van der Waals surface area contributed by atoms with Gasteiger partial charge in [0.15, 0.2) is 0 Å². The van der Waals surface area contributed by atoms with Crippen LogP contribution in [0.1, 0.15) is 29.7 Å². The highest BCUT2D eigenvalue weighted by Gasteiger charge is 2.17. The number of nitrogens with zero attached hydrogens (tertiary/aromatic N) is 2. The van der Waals surface area contributed by atoms with Gasteiger partial charge in [0.1, 0.15) is 16.8 Å². The van der Waals surface area contributed by atoms with Crippen LogP contribution in [0.5, 0.6) is 5.75 Å². The molecule has 1 aromatic heterocycles. The van der Waals surface area contributed by atoms with Crippen LogP contribution in [-0.4, -0.2) is 23.8 Å². The molecule has 7 heteroatoms. The molecule has 1 N–H and O–H groups in total. The second kappa shape index (κ2) is 8.43. The van der Waals surface area contributed by atoms with Crippen LogP contribution in [0.2, 0.25) is 5.02 Å². The number of amides is 1. The number of aromatic nitrogens is 1. The number of nitrogens with one attached hydrogen (secondary N) is 1. The smallest absolute Gasteiger partial charge is 0.225 e. The molecule has 0 unspecified atom stereocenters. The lowest BCUT2D eigenvalue weighted by Crippen LogP contribution is -2.12. The molecule has 0 saturated heterocycles. The zero-order chi connectivity index (χ0) is 18.5. The van der Waals surface area contributed by atoms with Crippen molar-refractivity contribution < 1.29 is 9.53 Å². The fraction of sp³-hybridized carbons (Fsp3) is 0.316. The van der Waals surface area contributed by atoms with E-state index in [0.717, 1.165) is 25.0 Å². The summed E-state index contributed by atoms with van der Waals surface area (Å²) in [6.07, 6.45) is 3.37. The van der Waals surface area contributed by atoms with Gasteiger partial charge in [0.25, 0.3) is 0 Å². The Bertz CT molecular complexity index is 880. The number of aryl methyl sites for hydroxylation is 2. The van der Waals surface area contributed by atoms with Gasteiger partial charge >= 0.3 is 0 Å². The van der Waals surface area contributed by atoms with E-state index in [4.69, 9.17) is 16.3 Å². The zero-order valence-corrected chi connectivity index (χ0v) is 15.9. The van der Waals surface area contributed by atoms with Gasteiger partial charge in [-0.1, -0.05) is 11.6 Å². The zero-order valence-electron chi connectivity index (χ0n) is 14.3. The van der Waals surface area contributed by atoms with Gasteiger partial charge in [0.05, 0.1) is 17.7 Å². The number of halogens is 1. The van der Waals surface area contributed by atoms with Gasteiger partial charge in [-0.05, 0) is 49.1 Å². The van der Waals surface area contributed by atoms with E-state index in [9.17, 15) is 10.1 Å². The van der Waals surface area contributed by atoms with E-state index in [1.165, 1.54) is 17.3 Å². The topological polar surface area (TPSA) is 75.0 Å². The van der Waals surface area contributed by atoms with E-state index in [-0.39, 0.29) is 5.91 Å². The molecular weight excluding hydrogens is 370 g/mol. The van der Waals surface area contributed by atoms with Crippen LogP contribution in [-0.2, 0) is 17.6 Å². The van der Waals surface area contributed by atoms with E-state index in [0.29, 0.717) is 39.2 Å². The van der Waals surface area contributed by atoms with Gasteiger partial charge in [-0.2, -0.15) is 5.26 Å².